The molecule has 0 aliphatic carbocycles. The fourth-order valence-electron chi connectivity index (χ4n) is 1.49. The van der Waals surface area contributed by atoms with E-state index in [9.17, 15) is 4.79 Å². The third-order valence-electron chi connectivity index (χ3n) is 2.35. The van der Waals surface area contributed by atoms with Crippen LogP contribution in [0.1, 0.15) is 20.3 Å². The fraction of sp³-hybridized carbons (Fsp3) is 0.875. The Hall–Kier alpha value is -0.570. The summed E-state index contributed by atoms with van der Waals surface area (Å²) in [6.45, 7) is 6.16. The number of amides is 1. The summed E-state index contributed by atoms with van der Waals surface area (Å²) in [7, 11) is 0. The van der Waals surface area contributed by atoms with Crippen LogP contribution in [0.5, 0.6) is 0 Å². The van der Waals surface area contributed by atoms with E-state index in [4.69, 9.17) is 5.73 Å². The van der Waals surface area contributed by atoms with Gasteiger partial charge in [0.1, 0.15) is 0 Å². The molecular formula is C8H16N2O. The Morgan fingerprint density at radius 2 is 2.27 bits per heavy atom. The summed E-state index contributed by atoms with van der Waals surface area (Å²) in [4.78, 5) is 13.1. The van der Waals surface area contributed by atoms with Crippen molar-refractivity contribution in [2.75, 3.05) is 13.1 Å². The highest BCUT2D eigenvalue weighted by Crippen LogP contribution is 2.17. The Bertz CT molecular complexity index is 156. The molecule has 0 saturated carbocycles. The van der Waals surface area contributed by atoms with Gasteiger partial charge in [0, 0.05) is 12.6 Å². The average Bonchev–Trinajstić information content (AvgIpc) is 2.33. The zero-order chi connectivity index (χ0) is 8.43. The van der Waals surface area contributed by atoms with Gasteiger partial charge < -0.3 is 10.6 Å². The Balaban J connectivity index is 2.41. The van der Waals surface area contributed by atoms with Gasteiger partial charge in [-0.3, -0.25) is 4.79 Å². The van der Waals surface area contributed by atoms with Crippen molar-refractivity contribution in [3.63, 3.8) is 0 Å². The maximum Gasteiger partial charge on any atom is 0.221 e. The molecule has 0 spiro atoms. The first kappa shape index (κ1) is 8.53. The van der Waals surface area contributed by atoms with Gasteiger partial charge in [0.15, 0.2) is 0 Å². The van der Waals surface area contributed by atoms with Gasteiger partial charge in [-0.1, -0.05) is 0 Å². The van der Waals surface area contributed by atoms with Crippen molar-refractivity contribution in [1.29, 1.82) is 0 Å². The lowest BCUT2D eigenvalue weighted by molar-refractivity contribution is -0.121. The van der Waals surface area contributed by atoms with E-state index in [0.29, 0.717) is 6.04 Å². The maximum absolute atomic E-state index is 10.8. The second kappa shape index (κ2) is 3.22. The van der Waals surface area contributed by atoms with Crippen LogP contribution < -0.4 is 5.73 Å². The van der Waals surface area contributed by atoms with Gasteiger partial charge in [-0.25, -0.2) is 0 Å². The largest absolute Gasteiger partial charge is 0.369 e. The molecule has 1 heterocycles. The molecule has 0 aromatic rings. The molecule has 1 rings (SSSR count). The molecule has 0 radical (unpaired) electrons. The minimum Gasteiger partial charge on any atom is -0.369 e. The number of rotatable bonds is 2. The third-order valence-corrected chi connectivity index (χ3v) is 2.35. The van der Waals surface area contributed by atoms with E-state index in [1.165, 1.54) is 0 Å². The topological polar surface area (TPSA) is 46.3 Å². The minimum atomic E-state index is -0.145. The number of likely N-dealkylation sites (tertiary alicyclic amines) is 1. The SMILES string of the molecule is CC(C)N1CC[C@@H](C(N)=O)C1. The van der Waals surface area contributed by atoms with Crippen molar-refractivity contribution in [3.8, 4) is 0 Å². The predicted octanol–water partition coefficient (Wildman–Crippen LogP) is 0.202. The molecule has 3 nitrogen and oxygen atoms in total. The summed E-state index contributed by atoms with van der Waals surface area (Å²) in [6.07, 6.45) is 0.938. The summed E-state index contributed by atoms with van der Waals surface area (Å²) in [5.41, 5.74) is 5.19. The number of hydrogen-bond donors (Lipinski definition) is 1. The highest BCUT2D eigenvalue weighted by Gasteiger charge is 2.27. The summed E-state index contributed by atoms with van der Waals surface area (Å²) in [5.74, 6) is -0.0504. The van der Waals surface area contributed by atoms with Crippen LogP contribution in [0.3, 0.4) is 0 Å². The zero-order valence-corrected chi connectivity index (χ0v) is 7.21. The molecule has 1 aliphatic rings. The molecule has 0 aromatic heterocycles. The molecule has 3 heteroatoms. The van der Waals surface area contributed by atoms with Crippen LogP contribution in [0, 0.1) is 5.92 Å². The lowest BCUT2D eigenvalue weighted by Crippen LogP contribution is -2.31. The molecule has 1 atom stereocenters. The Labute approximate surface area is 67.5 Å². The van der Waals surface area contributed by atoms with Crippen molar-refractivity contribution < 1.29 is 4.79 Å². The van der Waals surface area contributed by atoms with Gasteiger partial charge in [-0.2, -0.15) is 0 Å². The van der Waals surface area contributed by atoms with Crippen molar-refractivity contribution >= 4 is 5.91 Å². The number of nitrogens with zero attached hydrogens (tertiary/aromatic N) is 1. The van der Waals surface area contributed by atoms with E-state index in [-0.39, 0.29) is 11.8 Å². The Morgan fingerprint density at radius 1 is 1.64 bits per heavy atom. The molecule has 1 aliphatic heterocycles. The first-order valence-corrected chi connectivity index (χ1v) is 4.14. The van der Waals surface area contributed by atoms with Crippen LogP contribution >= 0.6 is 0 Å². The highest BCUT2D eigenvalue weighted by molar-refractivity contribution is 5.77. The van der Waals surface area contributed by atoms with E-state index >= 15 is 0 Å². The normalized spacial score (nSPS) is 26.3. The average molecular weight is 156 g/mol. The summed E-state index contributed by atoms with van der Waals surface area (Å²) in [6, 6.07) is 0.541. The van der Waals surface area contributed by atoms with E-state index in [2.05, 4.69) is 18.7 Å². The smallest absolute Gasteiger partial charge is 0.221 e. The van der Waals surface area contributed by atoms with Crippen LogP contribution in [0.25, 0.3) is 0 Å². The standard InChI is InChI=1S/C8H16N2O/c1-6(2)10-4-3-7(5-10)8(9)11/h6-7H,3-5H2,1-2H3,(H2,9,11)/t7-/m1/s1. The Kier molecular flexibility index (Phi) is 2.49. The van der Waals surface area contributed by atoms with Gasteiger partial charge in [0.2, 0.25) is 5.91 Å². The summed E-state index contributed by atoms with van der Waals surface area (Å²) < 4.78 is 0. The fourth-order valence-corrected chi connectivity index (χ4v) is 1.49. The van der Waals surface area contributed by atoms with Crippen LogP contribution in [0.15, 0.2) is 0 Å². The minimum absolute atomic E-state index is 0.0948. The van der Waals surface area contributed by atoms with Crippen molar-refractivity contribution in [2.45, 2.75) is 26.3 Å². The second-order valence-corrected chi connectivity index (χ2v) is 3.48. The van der Waals surface area contributed by atoms with Crippen LogP contribution in [0.4, 0.5) is 0 Å². The van der Waals surface area contributed by atoms with Crippen LogP contribution in [0.2, 0.25) is 0 Å². The first-order valence-electron chi connectivity index (χ1n) is 4.14. The zero-order valence-electron chi connectivity index (χ0n) is 7.21. The molecule has 2 N–H and O–H groups in total. The van der Waals surface area contributed by atoms with E-state index in [1.54, 1.807) is 0 Å². The number of carbonyl (C=O) groups excluding carboxylic acids is 1. The van der Waals surface area contributed by atoms with Gasteiger partial charge >= 0.3 is 0 Å². The van der Waals surface area contributed by atoms with Crippen molar-refractivity contribution in [3.05, 3.63) is 0 Å². The van der Waals surface area contributed by atoms with Crippen molar-refractivity contribution in [1.82, 2.24) is 4.90 Å². The number of primary amides is 1. The molecular weight excluding hydrogens is 140 g/mol. The summed E-state index contributed by atoms with van der Waals surface area (Å²) >= 11 is 0. The maximum atomic E-state index is 10.8. The number of hydrogen-bond acceptors (Lipinski definition) is 2. The molecule has 0 bridgehead atoms. The van der Waals surface area contributed by atoms with E-state index < -0.39 is 0 Å². The number of carbonyl (C=O) groups is 1. The van der Waals surface area contributed by atoms with Gasteiger partial charge in [-0.05, 0) is 26.8 Å². The summed E-state index contributed by atoms with van der Waals surface area (Å²) in [5, 5.41) is 0. The van der Waals surface area contributed by atoms with Gasteiger partial charge in [0.25, 0.3) is 0 Å². The molecule has 64 valence electrons. The lowest BCUT2D eigenvalue weighted by atomic mass is 10.1. The van der Waals surface area contributed by atoms with Crippen molar-refractivity contribution in [2.24, 2.45) is 11.7 Å². The molecule has 1 saturated heterocycles. The first-order chi connectivity index (χ1) is 5.11. The lowest BCUT2D eigenvalue weighted by Gasteiger charge is -2.19. The monoisotopic (exact) mass is 156 g/mol. The molecule has 1 fully saturated rings. The van der Waals surface area contributed by atoms with Gasteiger partial charge in [0.05, 0.1) is 5.92 Å². The predicted molar refractivity (Wildman–Crippen MR) is 44.0 cm³/mol. The van der Waals surface area contributed by atoms with Crippen LogP contribution in [-0.2, 0) is 4.79 Å². The van der Waals surface area contributed by atoms with Gasteiger partial charge in [-0.15, -0.1) is 0 Å². The molecule has 0 aromatic carbocycles. The molecule has 1 amide bonds. The molecule has 11 heavy (non-hydrogen) atoms. The highest BCUT2D eigenvalue weighted by atomic mass is 16.1. The molecule has 0 unspecified atom stereocenters. The second-order valence-electron chi connectivity index (χ2n) is 3.48. The number of nitrogens with two attached hydrogens (primary N) is 1. The quantitative estimate of drug-likeness (QED) is 0.621. The third kappa shape index (κ3) is 1.93. The Morgan fingerprint density at radius 3 is 2.55 bits per heavy atom. The van der Waals surface area contributed by atoms with E-state index in [0.717, 1.165) is 19.5 Å². The van der Waals surface area contributed by atoms with E-state index in [1.807, 2.05) is 0 Å². The van der Waals surface area contributed by atoms with Crippen LogP contribution in [-0.4, -0.2) is 29.9 Å².